The molecule has 0 bridgehead atoms. The summed E-state index contributed by atoms with van der Waals surface area (Å²) in [6, 6.07) is 9.10. The quantitative estimate of drug-likeness (QED) is 0.152. The van der Waals surface area contributed by atoms with Gasteiger partial charge < -0.3 is 29.9 Å². The van der Waals surface area contributed by atoms with E-state index in [1.54, 1.807) is 19.1 Å². The van der Waals surface area contributed by atoms with Gasteiger partial charge in [0, 0.05) is 85.5 Å². The number of rotatable bonds is 24. The van der Waals surface area contributed by atoms with Crippen molar-refractivity contribution in [3.05, 3.63) is 35.9 Å². The van der Waals surface area contributed by atoms with Crippen LogP contribution >= 0.6 is 0 Å². The van der Waals surface area contributed by atoms with Gasteiger partial charge in [0.2, 0.25) is 17.7 Å². The highest BCUT2D eigenvalue weighted by Crippen LogP contribution is 2.31. The predicted octanol–water partition coefficient (Wildman–Crippen LogP) is 4.75. The number of hydrogen-bond donors (Lipinski definition) is 2. The summed E-state index contributed by atoms with van der Waals surface area (Å²) in [5.74, 6) is -1.08. The van der Waals surface area contributed by atoms with Crippen molar-refractivity contribution in [2.75, 3.05) is 74.1 Å². The molecule has 0 saturated carbocycles. The van der Waals surface area contributed by atoms with E-state index in [9.17, 15) is 19.2 Å². The van der Waals surface area contributed by atoms with Crippen molar-refractivity contribution in [3.8, 4) is 0 Å². The number of likely N-dealkylation sites (N-methyl/N-ethyl adjacent to an activating group) is 2. The maximum Gasteiger partial charge on any atom is 0.226 e. The molecular formula is C46H80N6O6. The summed E-state index contributed by atoms with van der Waals surface area (Å²) in [7, 11) is 7.07. The molecule has 0 spiro atoms. The number of carbonyl (C=O) groups excluding carboxylic acids is 4. The molecule has 3 rings (SSSR count). The third-order valence-corrected chi connectivity index (χ3v) is 13.0. The summed E-state index contributed by atoms with van der Waals surface area (Å²) in [6.45, 7) is 22.5. The molecule has 58 heavy (non-hydrogen) atoms. The second-order valence-corrected chi connectivity index (χ2v) is 18.0. The molecule has 0 aromatic heterocycles. The number of Topliss-reactive ketones (excluding diaryl/α,β-unsaturated/α-hetero) is 1. The molecule has 1 aromatic carbocycles. The lowest BCUT2D eigenvalue weighted by Gasteiger charge is -2.41. The van der Waals surface area contributed by atoms with Crippen LogP contribution in [0.1, 0.15) is 93.1 Å². The molecule has 2 aliphatic rings. The van der Waals surface area contributed by atoms with Gasteiger partial charge in [-0.05, 0) is 56.6 Å². The zero-order valence-electron chi connectivity index (χ0n) is 38.2. The minimum atomic E-state index is -0.568. The third kappa shape index (κ3) is 13.8. The fourth-order valence-electron chi connectivity index (χ4n) is 9.41. The van der Waals surface area contributed by atoms with Crippen LogP contribution in [0.3, 0.4) is 0 Å². The van der Waals surface area contributed by atoms with Crippen molar-refractivity contribution in [1.29, 1.82) is 0 Å². The first-order valence-corrected chi connectivity index (χ1v) is 22.2. The van der Waals surface area contributed by atoms with E-state index in [-0.39, 0.29) is 78.3 Å². The normalized spacial score (nSPS) is 20.7. The predicted molar refractivity (Wildman–Crippen MR) is 232 cm³/mol. The number of hydrogen-bond acceptors (Lipinski definition) is 9. The molecule has 2 saturated heterocycles. The highest BCUT2D eigenvalue weighted by atomic mass is 16.5. The zero-order chi connectivity index (χ0) is 43.1. The Morgan fingerprint density at radius 3 is 2.12 bits per heavy atom. The lowest BCUT2D eigenvalue weighted by molar-refractivity contribution is -0.149. The van der Waals surface area contributed by atoms with Crippen molar-refractivity contribution in [3.63, 3.8) is 0 Å². The number of ether oxygens (including phenoxy) is 2. The van der Waals surface area contributed by atoms with E-state index in [2.05, 4.69) is 60.3 Å². The Balaban J connectivity index is 1.73. The smallest absolute Gasteiger partial charge is 0.226 e. The Labute approximate surface area is 351 Å². The Kier molecular flexibility index (Phi) is 20.8. The summed E-state index contributed by atoms with van der Waals surface area (Å²) in [6.07, 6.45) is 2.25. The topological polar surface area (TPSA) is 124 Å². The van der Waals surface area contributed by atoms with Crippen molar-refractivity contribution >= 4 is 23.5 Å². The minimum absolute atomic E-state index is 0.0254. The average molecular weight is 813 g/mol. The van der Waals surface area contributed by atoms with Gasteiger partial charge >= 0.3 is 0 Å². The fourth-order valence-corrected chi connectivity index (χ4v) is 9.41. The molecule has 3 amide bonds. The van der Waals surface area contributed by atoms with Crippen molar-refractivity contribution in [2.24, 2.45) is 29.6 Å². The number of methoxy groups -OCH3 is 2. The number of likely N-dealkylation sites (tertiary alicyclic amines) is 1. The van der Waals surface area contributed by atoms with Gasteiger partial charge in [0.05, 0.1) is 42.7 Å². The molecule has 2 fully saturated rings. The van der Waals surface area contributed by atoms with Crippen LogP contribution in [0.2, 0.25) is 0 Å². The Morgan fingerprint density at radius 1 is 0.897 bits per heavy atom. The third-order valence-electron chi connectivity index (χ3n) is 13.0. The van der Waals surface area contributed by atoms with Crippen molar-refractivity contribution in [1.82, 2.24) is 30.2 Å². The van der Waals surface area contributed by atoms with Gasteiger partial charge in [-0.15, -0.1) is 0 Å². The second kappa shape index (κ2) is 24.4. The van der Waals surface area contributed by atoms with Crippen LogP contribution in [-0.2, 0) is 35.1 Å². The van der Waals surface area contributed by atoms with E-state index in [4.69, 9.17) is 9.47 Å². The lowest BCUT2D eigenvalue weighted by atomic mass is 9.83. The second-order valence-electron chi connectivity index (χ2n) is 18.0. The van der Waals surface area contributed by atoms with Crippen LogP contribution < -0.4 is 10.6 Å². The van der Waals surface area contributed by atoms with Crippen LogP contribution in [0, 0.1) is 29.6 Å². The van der Waals surface area contributed by atoms with Crippen molar-refractivity contribution < 1.29 is 28.7 Å². The largest absolute Gasteiger partial charge is 0.379 e. The van der Waals surface area contributed by atoms with Gasteiger partial charge in [0.25, 0.3) is 0 Å². The molecule has 9 atom stereocenters. The van der Waals surface area contributed by atoms with Gasteiger partial charge in [-0.1, -0.05) is 85.2 Å². The minimum Gasteiger partial charge on any atom is -0.379 e. The van der Waals surface area contributed by atoms with E-state index >= 15 is 0 Å². The number of piperazine rings is 1. The number of nitrogens with one attached hydrogen (secondary N) is 2. The van der Waals surface area contributed by atoms with E-state index in [1.165, 1.54) is 0 Å². The highest BCUT2D eigenvalue weighted by molar-refractivity contribution is 5.90. The Hall–Kier alpha value is -2.90. The van der Waals surface area contributed by atoms with E-state index in [0.717, 1.165) is 70.5 Å². The lowest BCUT2D eigenvalue weighted by Crippen LogP contribution is -2.55. The molecule has 2 aliphatic heterocycles. The van der Waals surface area contributed by atoms with Gasteiger partial charge in [-0.3, -0.25) is 29.0 Å². The number of benzene rings is 1. The molecule has 0 aliphatic carbocycles. The molecule has 2 N–H and O–H groups in total. The van der Waals surface area contributed by atoms with Gasteiger partial charge in [-0.2, -0.15) is 0 Å². The number of carbonyl (C=O) groups is 4. The van der Waals surface area contributed by atoms with Crippen LogP contribution in [-0.4, -0.2) is 154 Å². The summed E-state index contributed by atoms with van der Waals surface area (Å²) in [5, 5.41) is 6.57. The average Bonchev–Trinajstić information content (AvgIpc) is 3.68. The number of ketones is 1. The van der Waals surface area contributed by atoms with Crippen molar-refractivity contribution in [2.45, 2.75) is 130 Å². The van der Waals surface area contributed by atoms with E-state index in [0.29, 0.717) is 6.54 Å². The molecule has 2 heterocycles. The summed E-state index contributed by atoms with van der Waals surface area (Å²) < 4.78 is 12.1. The zero-order valence-corrected chi connectivity index (χ0v) is 38.2. The van der Waals surface area contributed by atoms with Crippen LogP contribution in [0.4, 0.5) is 0 Å². The first-order chi connectivity index (χ1) is 27.6. The van der Waals surface area contributed by atoms with Crippen LogP contribution in [0.25, 0.3) is 0 Å². The monoisotopic (exact) mass is 813 g/mol. The molecule has 12 heteroatoms. The summed E-state index contributed by atoms with van der Waals surface area (Å²) in [4.78, 5) is 64.8. The maximum atomic E-state index is 14.6. The van der Waals surface area contributed by atoms with Gasteiger partial charge in [0.1, 0.15) is 0 Å². The van der Waals surface area contributed by atoms with Crippen LogP contribution in [0.15, 0.2) is 30.3 Å². The SMILES string of the molecule is CC[C@H](C)[C@@H]([C@@H](CC(=O)N1CCC[C@H]1[C@H](OC)[C@@H](C)C(=O)N[C@H](C)Cc1ccccc1)OC)N(C)C(=O)[C@@H](CC(=O)[C@H](C(C)C)N(C)CCN1CCNCC1)C(C)C. The van der Waals surface area contributed by atoms with Crippen LogP contribution in [0.5, 0.6) is 0 Å². The molecule has 1 aromatic rings. The highest BCUT2D eigenvalue weighted by Gasteiger charge is 2.43. The maximum absolute atomic E-state index is 14.6. The fraction of sp³-hybridized carbons (Fsp3) is 0.783. The Morgan fingerprint density at radius 2 is 1.55 bits per heavy atom. The standard InChI is InChI=1S/C46H80N6O6/c1-13-33(6)43(50(10)46(56)37(31(2)3)29-39(53)42(32(4)5)49(9)26-27-51-24-21-47-22-25-51)40(57-11)30-41(54)52-23-17-20-38(52)44(58-12)35(8)45(55)48-34(7)28-36-18-15-14-16-19-36/h14-16,18-19,31-35,37-38,40,42-44,47H,13,17,20-30H2,1-12H3,(H,48,55)/t33-,34+,35+,37-,38-,40+,42-,43-,44+/m0/s1. The molecule has 12 nitrogen and oxygen atoms in total. The summed E-state index contributed by atoms with van der Waals surface area (Å²) >= 11 is 0. The first kappa shape index (κ1) is 49.5. The molecular weight excluding hydrogens is 733 g/mol. The number of amides is 3. The summed E-state index contributed by atoms with van der Waals surface area (Å²) in [5.41, 5.74) is 1.16. The number of nitrogens with zero attached hydrogens (tertiary/aromatic N) is 4. The van der Waals surface area contributed by atoms with Gasteiger partial charge in [-0.25, -0.2) is 0 Å². The van der Waals surface area contributed by atoms with E-state index < -0.39 is 24.0 Å². The first-order valence-electron chi connectivity index (χ1n) is 22.2. The molecule has 0 unspecified atom stereocenters. The van der Waals surface area contributed by atoms with Gasteiger partial charge in [0.15, 0.2) is 5.78 Å². The Bertz CT molecular complexity index is 1410. The molecule has 330 valence electrons. The molecule has 0 radical (unpaired) electrons. The van der Waals surface area contributed by atoms with E-state index in [1.807, 2.05) is 64.9 Å².